The molecule has 22 heavy (non-hydrogen) atoms. The number of nitrogens with one attached hydrogen (secondary N) is 1. The maximum Gasteiger partial charge on any atom is 0.295 e. The number of carbonyl (C=O) groups is 1. The number of rotatable bonds is 7. The lowest BCUT2D eigenvalue weighted by molar-refractivity contribution is -0.862. The molecule has 0 aromatic heterocycles. The molecule has 124 valence electrons. The smallest absolute Gasteiger partial charge is 0.295 e. The van der Waals surface area contributed by atoms with Crippen molar-refractivity contribution in [1.82, 2.24) is 5.43 Å². The second-order valence-corrected chi connectivity index (χ2v) is 6.01. The summed E-state index contributed by atoms with van der Waals surface area (Å²) >= 11 is 0. The minimum atomic E-state index is -0.0847. The zero-order valence-electron chi connectivity index (χ0n) is 14.1. The van der Waals surface area contributed by atoms with E-state index in [2.05, 4.69) is 41.4 Å². The third-order valence-corrected chi connectivity index (χ3v) is 3.04. The number of hydrogen-bond donors (Lipinski definition) is 1. The van der Waals surface area contributed by atoms with Crippen LogP contribution in [0.1, 0.15) is 19.4 Å². The predicted octanol–water partition coefficient (Wildman–Crippen LogP) is -1.31. The largest absolute Gasteiger partial charge is 1.00 e. The minimum Gasteiger partial charge on any atom is -1.00 e. The van der Waals surface area contributed by atoms with Crippen molar-refractivity contribution in [1.29, 1.82) is 0 Å². The molecule has 1 rings (SSSR count). The van der Waals surface area contributed by atoms with Gasteiger partial charge in [-0.05, 0) is 31.5 Å². The van der Waals surface area contributed by atoms with Gasteiger partial charge in [-0.2, -0.15) is 5.10 Å². The van der Waals surface area contributed by atoms with Crippen LogP contribution in [0.3, 0.4) is 0 Å². The number of halogens is 1. The lowest BCUT2D eigenvalue weighted by Gasteiger charge is -2.22. The van der Waals surface area contributed by atoms with Gasteiger partial charge >= 0.3 is 0 Å². The maximum absolute atomic E-state index is 11.6. The Balaban J connectivity index is 0.00000441. The summed E-state index contributed by atoms with van der Waals surface area (Å²) in [6.07, 6.45) is 1.67. The SMILES string of the molecule is CCN(CC)c1ccc(C=NNC(=O)C[N+](C)(C)C)cc1.[Cl-]. The Morgan fingerprint density at radius 2 is 1.73 bits per heavy atom. The summed E-state index contributed by atoms with van der Waals surface area (Å²) < 4.78 is 0.583. The second-order valence-electron chi connectivity index (χ2n) is 6.01. The molecule has 0 radical (unpaired) electrons. The van der Waals surface area contributed by atoms with E-state index < -0.39 is 0 Å². The molecule has 1 aromatic rings. The Hall–Kier alpha value is -1.59. The fourth-order valence-electron chi connectivity index (χ4n) is 2.00. The van der Waals surface area contributed by atoms with E-state index >= 15 is 0 Å². The van der Waals surface area contributed by atoms with Crippen molar-refractivity contribution in [3.8, 4) is 0 Å². The van der Waals surface area contributed by atoms with Gasteiger partial charge in [0.25, 0.3) is 5.91 Å². The summed E-state index contributed by atoms with van der Waals surface area (Å²) in [5, 5.41) is 3.99. The first-order valence-corrected chi connectivity index (χ1v) is 7.33. The van der Waals surface area contributed by atoms with Crippen molar-refractivity contribution in [2.75, 3.05) is 45.7 Å². The molecule has 0 heterocycles. The molecular formula is C16H27ClN4O. The van der Waals surface area contributed by atoms with E-state index in [1.54, 1.807) is 6.21 Å². The second kappa shape index (κ2) is 9.43. The van der Waals surface area contributed by atoms with Gasteiger partial charge in [-0.15, -0.1) is 0 Å². The molecule has 6 heteroatoms. The van der Waals surface area contributed by atoms with Gasteiger partial charge in [-0.3, -0.25) is 4.79 Å². The lowest BCUT2D eigenvalue weighted by atomic mass is 10.2. The number of amides is 1. The van der Waals surface area contributed by atoms with Crippen LogP contribution in [0.4, 0.5) is 5.69 Å². The monoisotopic (exact) mass is 326 g/mol. The molecule has 1 aromatic carbocycles. The first-order valence-electron chi connectivity index (χ1n) is 7.33. The van der Waals surface area contributed by atoms with Crippen molar-refractivity contribution < 1.29 is 21.7 Å². The molecule has 0 aliphatic heterocycles. The number of hydrogen-bond acceptors (Lipinski definition) is 3. The van der Waals surface area contributed by atoms with Gasteiger partial charge in [-0.25, -0.2) is 5.43 Å². The quantitative estimate of drug-likeness (QED) is 0.384. The molecule has 0 fully saturated rings. The number of benzene rings is 1. The van der Waals surface area contributed by atoms with Crippen LogP contribution in [0, 0.1) is 0 Å². The van der Waals surface area contributed by atoms with E-state index in [1.807, 2.05) is 33.3 Å². The van der Waals surface area contributed by atoms with Gasteiger partial charge in [0.2, 0.25) is 0 Å². The molecule has 0 aliphatic rings. The van der Waals surface area contributed by atoms with E-state index in [9.17, 15) is 4.79 Å². The average Bonchev–Trinajstić information content (AvgIpc) is 2.40. The highest BCUT2D eigenvalue weighted by Crippen LogP contribution is 2.13. The first kappa shape index (κ1) is 20.4. The molecule has 0 saturated heterocycles. The van der Waals surface area contributed by atoms with Gasteiger partial charge in [0.15, 0.2) is 6.54 Å². The zero-order chi connectivity index (χ0) is 15.9. The highest BCUT2D eigenvalue weighted by molar-refractivity contribution is 5.83. The number of hydrazone groups is 1. The van der Waals surface area contributed by atoms with E-state index in [0.29, 0.717) is 11.0 Å². The summed E-state index contributed by atoms with van der Waals surface area (Å²) in [6, 6.07) is 8.15. The average molecular weight is 327 g/mol. The van der Waals surface area contributed by atoms with Gasteiger partial charge in [0, 0.05) is 18.8 Å². The van der Waals surface area contributed by atoms with Gasteiger partial charge in [0.1, 0.15) is 0 Å². The standard InChI is InChI=1S/C16H26N4O.ClH/c1-6-19(7-2)15-10-8-14(9-11-15)12-17-18-16(21)13-20(3,4)5;/h8-12H,6-7,13H2,1-5H3;1H. The van der Waals surface area contributed by atoms with Crippen molar-refractivity contribution in [2.24, 2.45) is 5.10 Å². The molecule has 5 nitrogen and oxygen atoms in total. The number of nitrogens with zero attached hydrogens (tertiary/aromatic N) is 3. The van der Waals surface area contributed by atoms with Crippen LogP contribution in [-0.2, 0) is 4.79 Å². The fraction of sp³-hybridized carbons (Fsp3) is 0.500. The van der Waals surface area contributed by atoms with Crippen molar-refractivity contribution in [2.45, 2.75) is 13.8 Å². The van der Waals surface area contributed by atoms with E-state index in [-0.39, 0.29) is 18.3 Å². The number of quaternary nitrogens is 1. The van der Waals surface area contributed by atoms with Crippen LogP contribution < -0.4 is 22.7 Å². The first-order chi connectivity index (χ1) is 9.85. The molecule has 0 spiro atoms. The van der Waals surface area contributed by atoms with Gasteiger partial charge in [-0.1, -0.05) is 12.1 Å². The van der Waals surface area contributed by atoms with Gasteiger partial charge < -0.3 is 21.8 Å². The summed E-state index contributed by atoms with van der Waals surface area (Å²) in [7, 11) is 5.90. The van der Waals surface area contributed by atoms with Crippen molar-refractivity contribution in [3.05, 3.63) is 29.8 Å². The molecular weight excluding hydrogens is 300 g/mol. The zero-order valence-corrected chi connectivity index (χ0v) is 14.9. The Morgan fingerprint density at radius 1 is 1.18 bits per heavy atom. The molecule has 0 saturated carbocycles. The van der Waals surface area contributed by atoms with Crippen LogP contribution in [-0.4, -0.2) is 57.4 Å². The topological polar surface area (TPSA) is 44.7 Å². The highest BCUT2D eigenvalue weighted by atomic mass is 35.5. The van der Waals surface area contributed by atoms with Crippen LogP contribution in [0.5, 0.6) is 0 Å². The van der Waals surface area contributed by atoms with E-state index in [4.69, 9.17) is 0 Å². The fourth-order valence-corrected chi connectivity index (χ4v) is 2.00. The summed E-state index contributed by atoms with van der Waals surface area (Å²) in [4.78, 5) is 13.9. The molecule has 0 bridgehead atoms. The Labute approximate surface area is 140 Å². The normalized spacial score (nSPS) is 11.1. The van der Waals surface area contributed by atoms with Crippen LogP contribution in [0.15, 0.2) is 29.4 Å². The van der Waals surface area contributed by atoms with Crippen molar-refractivity contribution in [3.63, 3.8) is 0 Å². The maximum atomic E-state index is 11.6. The third kappa shape index (κ3) is 7.43. The lowest BCUT2D eigenvalue weighted by Crippen LogP contribution is -3.00. The Morgan fingerprint density at radius 3 is 2.18 bits per heavy atom. The molecule has 1 N–H and O–H groups in total. The Kier molecular flexibility index (Phi) is 8.75. The summed E-state index contributed by atoms with van der Waals surface area (Å²) in [5.41, 5.74) is 4.72. The minimum absolute atomic E-state index is 0. The molecule has 0 aliphatic carbocycles. The Bertz CT molecular complexity index is 476. The number of anilines is 1. The molecule has 0 atom stereocenters. The molecule has 0 unspecified atom stereocenters. The van der Waals surface area contributed by atoms with Gasteiger partial charge in [0.05, 0.1) is 27.4 Å². The van der Waals surface area contributed by atoms with Crippen molar-refractivity contribution >= 4 is 17.8 Å². The van der Waals surface area contributed by atoms with Crippen LogP contribution in [0.2, 0.25) is 0 Å². The van der Waals surface area contributed by atoms with Crippen LogP contribution in [0.25, 0.3) is 0 Å². The third-order valence-electron chi connectivity index (χ3n) is 3.04. The highest BCUT2D eigenvalue weighted by Gasteiger charge is 2.12. The predicted molar refractivity (Wildman–Crippen MR) is 88.6 cm³/mol. The summed E-state index contributed by atoms with van der Waals surface area (Å²) in [6.45, 7) is 6.67. The van der Waals surface area contributed by atoms with E-state index in [1.165, 1.54) is 5.69 Å². The number of likely N-dealkylation sites (N-methyl/N-ethyl adjacent to an activating group) is 1. The summed E-state index contributed by atoms with van der Waals surface area (Å²) in [5.74, 6) is -0.0847. The van der Waals surface area contributed by atoms with E-state index in [0.717, 1.165) is 18.7 Å². The number of carbonyl (C=O) groups excluding carboxylic acids is 1. The van der Waals surface area contributed by atoms with Crippen LogP contribution >= 0.6 is 0 Å². The molecule has 1 amide bonds.